The molecule has 2 aliphatic heterocycles. The predicted octanol–water partition coefficient (Wildman–Crippen LogP) is -0.243. The molecule has 3 fully saturated rings. The average molecular weight is 124 g/mol. The maximum absolute atomic E-state index is 2.54. The molecule has 2 heteroatoms. The Kier molecular flexibility index (Phi) is 0.498. The number of nitrogens with zero attached hydrogens (tertiary/aromatic N) is 2. The number of rotatable bonds is 0. The molecule has 9 heavy (non-hydrogen) atoms. The van der Waals surface area contributed by atoms with E-state index in [0.717, 1.165) is 17.6 Å². The van der Waals surface area contributed by atoms with Crippen molar-refractivity contribution in [2.45, 2.75) is 24.0 Å². The standard InChI is InChI=1S/C7H12N2/c1-8-4-6-7(9(6)2)3-5(7)8/h5-6H,3-4H2,1-2H3. The lowest BCUT2D eigenvalue weighted by atomic mass is 10.3. The van der Waals surface area contributed by atoms with Gasteiger partial charge in [0, 0.05) is 18.6 Å². The largest absolute Gasteiger partial charge is 0.300 e. The maximum atomic E-state index is 2.54. The molecule has 1 aliphatic carbocycles. The normalized spacial score (nSPS) is 69.3. The summed E-state index contributed by atoms with van der Waals surface area (Å²) in [6.45, 7) is 1.32. The van der Waals surface area contributed by atoms with Crippen LogP contribution < -0.4 is 0 Å². The molecule has 0 amide bonds. The van der Waals surface area contributed by atoms with Gasteiger partial charge in [-0.2, -0.15) is 0 Å². The summed E-state index contributed by atoms with van der Waals surface area (Å²) in [5, 5.41) is 0. The second-order valence-corrected chi connectivity index (χ2v) is 3.78. The Hall–Kier alpha value is -0.0800. The number of hydrogen-bond acceptors (Lipinski definition) is 2. The number of likely N-dealkylation sites (tertiary alicyclic amines) is 1. The first-order chi connectivity index (χ1) is 4.27. The monoisotopic (exact) mass is 124 g/mol. The minimum absolute atomic E-state index is 0.717. The molecule has 2 saturated heterocycles. The van der Waals surface area contributed by atoms with Gasteiger partial charge in [0.25, 0.3) is 0 Å². The van der Waals surface area contributed by atoms with Crippen molar-refractivity contribution in [2.75, 3.05) is 20.6 Å². The molecule has 1 spiro atoms. The first kappa shape index (κ1) is 4.69. The molecule has 4 unspecified atom stereocenters. The third-order valence-corrected chi connectivity index (χ3v) is 3.56. The van der Waals surface area contributed by atoms with Crippen molar-refractivity contribution in [3.8, 4) is 0 Å². The molecule has 0 N–H and O–H groups in total. The average Bonchev–Trinajstić information content (AvgIpc) is 2.62. The predicted molar refractivity (Wildman–Crippen MR) is 35.3 cm³/mol. The van der Waals surface area contributed by atoms with Crippen molar-refractivity contribution in [3.63, 3.8) is 0 Å². The lowest BCUT2D eigenvalue weighted by molar-refractivity contribution is 0.306. The van der Waals surface area contributed by atoms with E-state index in [2.05, 4.69) is 23.9 Å². The summed E-state index contributed by atoms with van der Waals surface area (Å²) in [6.07, 6.45) is 1.45. The molecule has 4 atom stereocenters. The molecule has 0 aromatic carbocycles. The van der Waals surface area contributed by atoms with E-state index >= 15 is 0 Å². The third-order valence-electron chi connectivity index (χ3n) is 3.56. The van der Waals surface area contributed by atoms with E-state index in [1.807, 2.05) is 0 Å². The van der Waals surface area contributed by atoms with Crippen LogP contribution in [0.1, 0.15) is 6.42 Å². The highest BCUT2D eigenvalue weighted by Crippen LogP contribution is 2.65. The van der Waals surface area contributed by atoms with E-state index < -0.39 is 0 Å². The van der Waals surface area contributed by atoms with Crippen molar-refractivity contribution in [3.05, 3.63) is 0 Å². The smallest absolute Gasteiger partial charge is 0.0549 e. The molecule has 2 nitrogen and oxygen atoms in total. The molecule has 0 bridgehead atoms. The van der Waals surface area contributed by atoms with E-state index in [0.29, 0.717) is 0 Å². The summed E-state index contributed by atoms with van der Waals surface area (Å²) in [6, 6.07) is 1.87. The first-order valence-electron chi connectivity index (χ1n) is 3.70. The molecular formula is C7H12N2. The summed E-state index contributed by atoms with van der Waals surface area (Å²) in [4.78, 5) is 5.04. The number of piperidine rings is 1. The Morgan fingerprint density at radius 3 is 2.44 bits per heavy atom. The zero-order chi connectivity index (χ0) is 6.22. The Morgan fingerprint density at radius 1 is 1.33 bits per heavy atom. The van der Waals surface area contributed by atoms with E-state index in [1.165, 1.54) is 13.0 Å². The molecule has 50 valence electrons. The fraction of sp³-hybridized carbons (Fsp3) is 1.00. The van der Waals surface area contributed by atoms with Gasteiger partial charge in [-0.1, -0.05) is 0 Å². The minimum atomic E-state index is 0.717. The van der Waals surface area contributed by atoms with Gasteiger partial charge in [-0.3, -0.25) is 9.80 Å². The lowest BCUT2D eigenvalue weighted by Gasteiger charge is -2.12. The van der Waals surface area contributed by atoms with Crippen LogP contribution in [0.4, 0.5) is 0 Å². The van der Waals surface area contributed by atoms with Crippen LogP contribution in [0.25, 0.3) is 0 Å². The number of hydrogen-bond donors (Lipinski definition) is 0. The fourth-order valence-corrected chi connectivity index (χ4v) is 2.77. The highest BCUT2D eigenvalue weighted by molar-refractivity contribution is 5.38. The van der Waals surface area contributed by atoms with Crippen molar-refractivity contribution < 1.29 is 0 Å². The fourth-order valence-electron chi connectivity index (χ4n) is 2.77. The highest BCUT2D eigenvalue weighted by Gasteiger charge is 2.80. The summed E-state index contributed by atoms with van der Waals surface area (Å²) in [5.74, 6) is 0. The Bertz CT molecular complexity index is 172. The van der Waals surface area contributed by atoms with E-state index in [4.69, 9.17) is 0 Å². The zero-order valence-electron chi connectivity index (χ0n) is 5.96. The van der Waals surface area contributed by atoms with E-state index in [1.54, 1.807) is 0 Å². The molecule has 1 saturated carbocycles. The minimum Gasteiger partial charge on any atom is -0.300 e. The van der Waals surface area contributed by atoms with Crippen LogP contribution in [-0.2, 0) is 0 Å². The van der Waals surface area contributed by atoms with Gasteiger partial charge in [0.05, 0.1) is 5.54 Å². The molecule has 0 radical (unpaired) electrons. The van der Waals surface area contributed by atoms with Crippen molar-refractivity contribution in [1.82, 2.24) is 9.80 Å². The Labute approximate surface area is 55.4 Å². The van der Waals surface area contributed by atoms with Crippen LogP contribution >= 0.6 is 0 Å². The molecule has 0 aromatic rings. The van der Waals surface area contributed by atoms with Gasteiger partial charge >= 0.3 is 0 Å². The molecule has 3 aliphatic rings. The van der Waals surface area contributed by atoms with Gasteiger partial charge in [0.15, 0.2) is 0 Å². The van der Waals surface area contributed by atoms with Crippen LogP contribution in [0, 0.1) is 0 Å². The summed E-state index contributed by atoms with van der Waals surface area (Å²) in [5.41, 5.74) is 0.717. The topological polar surface area (TPSA) is 6.25 Å². The van der Waals surface area contributed by atoms with E-state index in [-0.39, 0.29) is 0 Å². The SMILES string of the molecule is CN1CC2N(C)C23CC13. The Balaban J connectivity index is 1.97. The molecule has 0 aromatic heterocycles. The van der Waals surface area contributed by atoms with Crippen LogP contribution in [0.3, 0.4) is 0 Å². The van der Waals surface area contributed by atoms with Crippen molar-refractivity contribution in [1.29, 1.82) is 0 Å². The summed E-state index contributed by atoms with van der Waals surface area (Å²) in [7, 11) is 4.51. The number of likely N-dealkylation sites (N-methyl/N-ethyl adjacent to an activating group) is 2. The maximum Gasteiger partial charge on any atom is 0.0549 e. The quantitative estimate of drug-likeness (QED) is 0.411. The van der Waals surface area contributed by atoms with Crippen LogP contribution in [0.5, 0.6) is 0 Å². The molecule has 3 rings (SSSR count). The Morgan fingerprint density at radius 2 is 2.11 bits per heavy atom. The number of piperazine rings is 1. The van der Waals surface area contributed by atoms with Gasteiger partial charge in [-0.25, -0.2) is 0 Å². The zero-order valence-corrected chi connectivity index (χ0v) is 5.96. The van der Waals surface area contributed by atoms with Crippen LogP contribution in [0.2, 0.25) is 0 Å². The summed E-state index contributed by atoms with van der Waals surface area (Å²) < 4.78 is 0. The second-order valence-electron chi connectivity index (χ2n) is 3.78. The van der Waals surface area contributed by atoms with Gasteiger partial charge in [-0.15, -0.1) is 0 Å². The first-order valence-corrected chi connectivity index (χ1v) is 3.70. The molecular weight excluding hydrogens is 112 g/mol. The third kappa shape index (κ3) is 0.290. The second kappa shape index (κ2) is 0.956. The van der Waals surface area contributed by atoms with Crippen molar-refractivity contribution in [2.24, 2.45) is 0 Å². The van der Waals surface area contributed by atoms with Gasteiger partial charge in [-0.05, 0) is 20.5 Å². The molecule has 2 heterocycles. The van der Waals surface area contributed by atoms with Gasteiger partial charge in [0.2, 0.25) is 0 Å². The van der Waals surface area contributed by atoms with E-state index in [9.17, 15) is 0 Å². The van der Waals surface area contributed by atoms with Crippen LogP contribution in [0.15, 0.2) is 0 Å². The van der Waals surface area contributed by atoms with Crippen LogP contribution in [-0.4, -0.2) is 48.1 Å². The highest BCUT2D eigenvalue weighted by atomic mass is 15.5. The van der Waals surface area contributed by atoms with Gasteiger partial charge in [0.1, 0.15) is 0 Å². The lowest BCUT2D eigenvalue weighted by Crippen LogP contribution is -2.25. The summed E-state index contributed by atoms with van der Waals surface area (Å²) >= 11 is 0. The van der Waals surface area contributed by atoms with Gasteiger partial charge < -0.3 is 0 Å². The van der Waals surface area contributed by atoms with Crippen molar-refractivity contribution >= 4 is 0 Å².